The summed E-state index contributed by atoms with van der Waals surface area (Å²) in [4.78, 5) is 15.0. The predicted molar refractivity (Wildman–Crippen MR) is 71.0 cm³/mol. The summed E-state index contributed by atoms with van der Waals surface area (Å²) in [6.45, 7) is 3.59. The highest BCUT2D eigenvalue weighted by Gasteiger charge is 2.37. The van der Waals surface area contributed by atoms with Crippen molar-refractivity contribution in [1.82, 2.24) is 4.98 Å². The zero-order valence-electron chi connectivity index (χ0n) is 10.9. The third kappa shape index (κ3) is 1.88. The molecule has 0 aliphatic rings. The molecule has 3 N–H and O–H groups in total. The van der Waals surface area contributed by atoms with E-state index in [-0.39, 0.29) is 5.97 Å². The van der Waals surface area contributed by atoms with Crippen molar-refractivity contribution in [2.75, 3.05) is 7.11 Å². The summed E-state index contributed by atoms with van der Waals surface area (Å²) in [7, 11) is 1.38. The fourth-order valence-electron chi connectivity index (χ4n) is 2.13. The number of esters is 1. The maximum Gasteiger partial charge on any atom is 0.313 e. The van der Waals surface area contributed by atoms with E-state index in [2.05, 4.69) is 4.98 Å². The zero-order valence-corrected chi connectivity index (χ0v) is 10.9. The molecule has 0 spiro atoms. The lowest BCUT2D eigenvalue weighted by Gasteiger charge is -2.28. The average molecular weight is 246 g/mol. The molecular weight excluding hydrogens is 228 g/mol. The van der Waals surface area contributed by atoms with E-state index in [1.807, 2.05) is 30.5 Å². The van der Waals surface area contributed by atoms with Crippen LogP contribution in [0, 0.1) is 5.41 Å². The Morgan fingerprint density at radius 3 is 2.72 bits per heavy atom. The SMILES string of the molecule is COC(=O)C(C)(C)C(N)c1c[nH]c2ccccc12. The molecule has 0 saturated heterocycles. The first-order valence-electron chi connectivity index (χ1n) is 5.88. The second kappa shape index (κ2) is 4.46. The molecule has 4 nitrogen and oxygen atoms in total. The minimum atomic E-state index is -0.764. The van der Waals surface area contributed by atoms with Crippen LogP contribution in [0.4, 0.5) is 0 Å². The number of fused-ring (bicyclic) bond motifs is 1. The molecule has 0 bridgehead atoms. The molecule has 0 saturated carbocycles. The van der Waals surface area contributed by atoms with Gasteiger partial charge in [-0.15, -0.1) is 0 Å². The van der Waals surface area contributed by atoms with Crippen LogP contribution in [0.25, 0.3) is 10.9 Å². The number of hydrogen-bond donors (Lipinski definition) is 2. The third-order valence-electron chi connectivity index (χ3n) is 3.45. The Labute approximate surface area is 106 Å². The normalized spacial score (nSPS) is 13.6. The number of carbonyl (C=O) groups excluding carboxylic acids is 1. The average Bonchev–Trinajstić information content (AvgIpc) is 2.80. The molecule has 18 heavy (non-hydrogen) atoms. The molecule has 2 rings (SSSR count). The van der Waals surface area contributed by atoms with Gasteiger partial charge >= 0.3 is 5.97 Å². The van der Waals surface area contributed by atoms with Crippen LogP contribution in [0.1, 0.15) is 25.5 Å². The van der Waals surface area contributed by atoms with E-state index in [1.165, 1.54) is 7.11 Å². The van der Waals surface area contributed by atoms with E-state index >= 15 is 0 Å². The molecule has 0 radical (unpaired) electrons. The Bertz CT molecular complexity index is 572. The van der Waals surface area contributed by atoms with Gasteiger partial charge in [0.15, 0.2) is 0 Å². The minimum Gasteiger partial charge on any atom is -0.469 e. The van der Waals surface area contributed by atoms with E-state index in [9.17, 15) is 4.79 Å². The lowest BCUT2D eigenvalue weighted by molar-refractivity contribution is -0.152. The number of ether oxygens (including phenoxy) is 1. The monoisotopic (exact) mass is 246 g/mol. The molecule has 0 amide bonds. The van der Waals surface area contributed by atoms with Crippen LogP contribution in [0.3, 0.4) is 0 Å². The minimum absolute atomic E-state index is 0.305. The summed E-state index contributed by atoms with van der Waals surface area (Å²) in [5.74, 6) is -0.305. The fraction of sp³-hybridized carbons (Fsp3) is 0.357. The number of para-hydroxylation sites is 1. The van der Waals surface area contributed by atoms with Crippen molar-refractivity contribution in [3.8, 4) is 0 Å². The summed E-state index contributed by atoms with van der Waals surface area (Å²) in [5, 5.41) is 1.04. The number of rotatable bonds is 3. The van der Waals surface area contributed by atoms with E-state index in [0.717, 1.165) is 16.5 Å². The largest absolute Gasteiger partial charge is 0.469 e. The highest BCUT2D eigenvalue weighted by molar-refractivity contribution is 5.85. The van der Waals surface area contributed by atoms with Crippen molar-refractivity contribution in [2.45, 2.75) is 19.9 Å². The molecule has 1 aromatic carbocycles. The van der Waals surface area contributed by atoms with Gasteiger partial charge in [-0.1, -0.05) is 18.2 Å². The quantitative estimate of drug-likeness (QED) is 0.817. The van der Waals surface area contributed by atoms with Crippen molar-refractivity contribution >= 4 is 16.9 Å². The highest BCUT2D eigenvalue weighted by atomic mass is 16.5. The topological polar surface area (TPSA) is 68.1 Å². The Hall–Kier alpha value is -1.81. The first-order chi connectivity index (χ1) is 8.48. The summed E-state index contributed by atoms with van der Waals surface area (Å²) in [6.07, 6.45) is 1.86. The third-order valence-corrected chi connectivity index (χ3v) is 3.45. The number of hydrogen-bond acceptors (Lipinski definition) is 3. The molecule has 4 heteroatoms. The first kappa shape index (κ1) is 12.6. The van der Waals surface area contributed by atoms with Crippen molar-refractivity contribution in [1.29, 1.82) is 0 Å². The highest BCUT2D eigenvalue weighted by Crippen LogP contribution is 2.35. The zero-order chi connectivity index (χ0) is 13.3. The number of benzene rings is 1. The smallest absolute Gasteiger partial charge is 0.313 e. The van der Waals surface area contributed by atoms with Gasteiger partial charge in [0.05, 0.1) is 12.5 Å². The van der Waals surface area contributed by atoms with Crippen LogP contribution in [0.2, 0.25) is 0 Å². The standard InChI is InChI=1S/C14H18N2O2/c1-14(2,13(17)18-3)12(15)10-8-16-11-7-5-4-6-9(10)11/h4-8,12,16H,15H2,1-3H3. The summed E-state index contributed by atoms with van der Waals surface area (Å²) in [6, 6.07) is 7.48. The lowest BCUT2D eigenvalue weighted by Crippen LogP contribution is -2.37. The van der Waals surface area contributed by atoms with Gasteiger partial charge in [-0.3, -0.25) is 4.79 Å². The van der Waals surface area contributed by atoms with E-state index in [4.69, 9.17) is 10.5 Å². The Balaban J connectivity index is 2.45. The van der Waals surface area contributed by atoms with Crippen molar-refractivity contribution in [3.63, 3.8) is 0 Å². The second-order valence-electron chi connectivity index (χ2n) is 4.98. The first-order valence-corrected chi connectivity index (χ1v) is 5.88. The van der Waals surface area contributed by atoms with Gasteiger partial charge in [0.2, 0.25) is 0 Å². The van der Waals surface area contributed by atoms with Crippen LogP contribution in [-0.4, -0.2) is 18.1 Å². The molecule has 0 aliphatic heterocycles. The van der Waals surface area contributed by atoms with Gasteiger partial charge in [0.1, 0.15) is 0 Å². The predicted octanol–water partition coefficient (Wildman–Crippen LogP) is 2.37. The molecule has 96 valence electrons. The molecular formula is C14H18N2O2. The van der Waals surface area contributed by atoms with Crippen molar-refractivity contribution in [3.05, 3.63) is 36.0 Å². The number of carbonyl (C=O) groups is 1. The number of aromatic nitrogens is 1. The number of methoxy groups -OCH3 is 1. The van der Waals surface area contributed by atoms with E-state index < -0.39 is 11.5 Å². The number of aromatic amines is 1. The maximum atomic E-state index is 11.8. The number of nitrogens with two attached hydrogens (primary N) is 1. The molecule has 0 aliphatic carbocycles. The summed E-state index contributed by atoms with van der Waals surface area (Å²) in [5.41, 5.74) is 7.42. The Kier molecular flexibility index (Phi) is 3.13. The summed E-state index contributed by atoms with van der Waals surface area (Å²) >= 11 is 0. The molecule has 0 fully saturated rings. The van der Waals surface area contributed by atoms with Crippen molar-refractivity contribution < 1.29 is 9.53 Å². The van der Waals surface area contributed by atoms with Crippen LogP contribution in [0.15, 0.2) is 30.5 Å². The number of nitrogens with one attached hydrogen (secondary N) is 1. The van der Waals surface area contributed by atoms with Gasteiger partial charge in [0.25, 0.3) is 0 Å². The second-order valence-corrected chi connectivity index (χ2v) is 4.98. The molecule has 1 heterocycles. The van der Waals surface area contributed by atoms with Gasteiger partial charge in [0, 0.05) is 23.1 Å². The summed E-state index contributed by atoms with van der Waals surface area (Å²) < 4.78 is 4.82. The molecule has 1 unspecified atom stereocenters. The Morgan fingerprint density at radius 1 is 1.39 bits per heavy atom. The van der Waals surface area contributed by atoms with Gasteiger partial charge in [-0.05, 0) is 25.5 Å². The van der Waals surface area contributed by atoms with Crippen LogP contribution >= 0.6 is 0 Å². The van der Waals surface area contributed by atoms with Crippen LogP contribution < -0.4 is 5.73 Å². The number of H-pyrrole nitrogens is 1. The Morgan fingerprint density at radius 2 is 2.06 bits per heavy atom. The maximum absolute atomic E-state index is 11.8. The van der Waals surface area contributed by atoms with Crippen LogP contribution in [-0.2, 0) is 9.53 Å². The molecule has 1 atom stereocenters. The van der Waals surface area contributed by atoms with E-state index in [0.29, 0.717) is 0 Å². The molecule has 1 aromatic heterocycles. The lowest BCUT2D eigenvalue weighted by atomic mass is 9.81. The van der Waals surface area contributed by atoms with Crippen LogP contribution in [0.5, 0.6) is 0 Å². The van der Waals surface area contributed by atoms with Gasteiger partial charge in [-0.25, -0.2) is 0 Å². The molecule has 2 aromatic rings. The van der Waals surface area contributed by atoms with Crippen molar-refractivity contribution in [2.24, 2.45) is 11.1 Å². The fourth-order valence-corrected chi connectivity index (χ4v) is 2.13. The van der Waals surface area contributed by atoms with Gasteiger partial charge < -0.3 is 15.5 Å². The van der Waals surface area contributed by atoms with Gasteiger partial charge in [-0.2, -0.15) is 0 Å². The van der Waals surface area contributed by atoms with E-state index in [1.54, 1.807) is 13.8 Å².